The summed E-state index contributed by atoms with van der Waals surface area (Å²) in [6.45, 7) is 1.93. The Labute approximate surface area is 191 Å². The number of halogens is 1. The van der Waals surface area contributed by atoms with Gasteiger partial charge in [0.25, 0.3) is 0 Å². The zero-order chi connectivity index (χ0) is 22.5. The van der Waals surface area contributed by atoms with Crippen LogP contribution in [0.25, 0.3) is 11.4 Å². The van der Waals surface area contributed by atoms with Crippen LogP contribution in [0.2, 0.25) is 5.02 Å². The van der Waals surface area contributed by atoms with Crippen LogP contribution in [0.15, 0.2) is 47.0 Å². The van der Waals surface area contributed by atoms with E-state index in [0.29, 0.717) is 47.0 Å². The van der Waals surface area contributed by atoms with Crippen LogP contribution < -0.4 is 14.8 Å². The Bertz CT molecular complexity index is 1090. The highest BCUT2D eigenvalue weighted by Gasteiger charge is 2.27. The molecule has 0 saturated carbocycles. The first-order chi connectivity index (χ1) is 15.6. The molecular formula is C23H25ClN4O4. The molecule has 168 valence electrons. The topological polar surface area (TPSA) is 89.7 Å². The van der Waals surface area contributed by atoms with Gasteiger partial charge in [-0.2, -0.15) is 4.98 Å². The van der Waals surface area contributed by atoms with E-state index in [1.165, 1.54) is 0 Å². The molecule has 9 heteroatoms. The fourth-order valence-corrected chi connectivity index (χ4v) is 4.04. The van der Waals surface area contributed by atoms with Crippen LogP contribution in [0.3, 0.4) is 0 Å². The Balaban J connectivity index is 1.40. The highest BCUT2D eigenvalue weighted by Crippen LogP contribution is 2.30. The quantitative estimate of drug-likeness (QED) is 0.568. The van der Waals surface area contributed by atoms with Crippen LogP contribution in [-0.2, 0) is 11.3 Å². The Morgan fingerprint density at radius 3 is 2.88 bits per heavy atom. The van der Waals surface area contributed by atoms with Crippen molar-refractivity contribution in [3.63, 3.8) is 0 Å². The predicted octanol–water partition coefficient (Wildman–Crippen LogP) is 4.26. The number of anilines is 1. The average Bonchev–Trinajstić information content (AvgIpc) is 3.27. The molecule has 0 spiro atoms. The third kappa shape index (κ3) is 5.03. The molecule has 2 aromatic carbocycles. The number of hydrogen-bond donors (Lipinski definition) is 1. The third-order valence-corrected chi connectivity index (χ3v) is 5.81. The number of carbonyl (C=O) groups excluding carboxylic acids is 1. The fourth-order valence-electron chi connectivity index (χ4n) is 3.82. The minimum absolute atomic E-state index is 0.0523. The molecule has 2 heterocycles. The molecule has 8 nitrogen and oxygen atoms in total. The van der Waals surface area contributed by atoms with Gasteiger partial charge in [-0.1, -0.05) is 28.9 Å². The molecule has 1 aliphatic rings. The van der Waals surface area contributed by atoms with Crippen molar-refractivity contribution in [2.75, 3.05) is 32.6 Å². The molecule has 0 bridgehead atoms. The SMILES string of the molecule is COc1ccc(OC)c(NC(=O)C2CCCN(Cc3nc(-c4ccccc4Cl)no3)C2)c1. The second kappa shape index (κ2) is 10.0. The van der Waals surface area contributed by atoms with Crippen LogP contribution in [0, 0.1) is 5.92 Å². The van der Waals surface area contributed by atoms with Crippen molar-refractivity contribution in [1.29, 1.82) is 0 Å². The monoisotopic (exact) mass is 456 g/mol. The lowest BCUT2D eigenvalue weighted by molar-refractivity contribution is -0.121. The van der Waals surface area contributed by atoms with E-state index >= 15 is 0 Å². The van der Waals surface area contributed by atoms with Gasteiger partial charge in [0.1, 0.15) is 11.5 Å². The number of nitrogens with zero attached hydrogens (tertiary/aromatic N) is 3. The summed E-state index contributed by atoms with van der Waals surface area (Å²) in [5.41, 5.74) is 1.32. The van der Waals surface area contributed by atoms with Crippen molar-refractivity contribution in [2.45, 2.75) is 19.4 Å². The van der Waals surface area contributed by atoms with Crippen LogP contribution in [-0.4, -0.2) is 48.3 Å². The van der Waals surface area contributed by atoms with Gasteiger partial charge in [-0.05, 0) is 43.7 Å². The number of rotatable bonds is 7. The van der Waals surface area contributed by atoms with Gasteiger partial charge in [-0.15, -0.1) is 0 Å². The van der Waals surface area contributed by atoms with Crippen LogP contribution in [0.5, 0.6) is 11.5 Å². The van der Waals surface area contributed by atoms with Gasteiger partial charge in [-0.25, -0.2) is 0 Å². The van der Waals surface area contributed by atoms with E-state index in [2.05, 4.69) is 20.4 Å². The number of aromatic nitrogens is 2. The lowest BCUT2D eigenvalue weighted by atomic mass is 9.97. The highest BCUT2D eigenvalue weighted by atomic mass is 35.5. The van der Waals surface area contributed by atoms with E-state index in [1.54, 1.807) is 38.5 Å². The van der Waals surface area contributed by atoms with E-state index in [1.807, 2.05) is 18.2 Å². The molecule has 1 aromatic heterocycles. The lowest BCUT2D eigenvalue weighted by Gasteiger charge is -2.31. The molecule has 1 N–H and O–H groups in total. The Kier molecular flexibility index (Phi) is 6.92. The van der Waals surface area contributed by atoms with Gasteiger partial charge in [0.2, 0.25) is 17.6 Å². The van der Waals surface area contributed by atoms with Crippen LogP contribution in [0.4, 0.5) is 5.69 Å². The van der Waals surface area contributed by atoms with Crippen molar-refractivity contribution in [2.24, 2.45) is 5.92 Å². The Morgan fingerprint density at radius 1 is 1.25 bits per heavy atom. The van der Waals surface area contributed by atoms with E-state index in [4.69, 9.17) is 25.6 Å². The molecule has 4 rings (SSSR count). The molecule has 1 atom stereocenters. The Morgan fingerprint density at radius 2 is 2.09 bits per heavy atom. The minimum Gasteiger partial charge on any atom is -0.497 e. The number of amides is 1. The number of hydrogen-bond acceptors (Lipinski definition) is 7. The number of methoxy groups -OCH3 is 2. The first-order valence-corrected chi connectivity index (χ1v) is 10.8. The number of benzene rings is 2. The first-order valence-electron chi connectivity index (χ1n) is 10.4. The predicted molar refractivity (Wildman–Crippen MR) is 121 cm³/mol. The zero-order valence-electron chi connectivity index (χ0n) is 18.0. The number of nitrogens with one attached hydrogen (secondary N) is 1. The molecule has 1 unspecified atom stereocenters. The second-order valence-corrected chi connectivity index (χ2v) is 8.03. The van der Waals surface area contributed by atoms with Crippen LogP contribution >= 0.6 is 11.6 Å². The lowest BCUT2D eigenvalue weighted by Crippen LogP contribution is -2.40. The molecule has 1 fully saturated rings. The molecule has 1 aliphatic heterocycles. The van der Waals surface area contributed by atoms with Crippen molar-refractivity contribution in [3.8, 4) is 22.9 Å². The smallest absolute Gasteiger partial charge is 0.241 e. The second-order valence-electron chi connectivity index (χ2n) is 7.62. The van der Waals surface area contributed by atoms with Gasteiger partial charge in [0.15, 0.2) is 0 Å². The largest absolute Gasteiger partial charge is 0.497 e. The van der Waals surface area contributed by atoms with Crippen molar-refractivity contribution in [1.82, 2.24) is 15.0 Å². The van der Waals surface area contributed by atoms with E-state index in [9.17, 15) is 4.79 Å². The van der Waals surface area contributed by atoms with Crippen molar-refractivity contribution in [3.05, 3.63) is 53.4 Å². The van der Waals surface area contributed by atoms with E-state index in [0.717, 1.165) is 24.9 Å². The summed E-state index contributed by atoms with van der Waals surface area (Å²) in [6, 6.07) is 12.7. The molecule has 0 aliphatic carbocycles. The van der Waals surface area contributed by atoms with Gasteiger partial charge < -0.3 is 19.3 Å². The maximum absolute atomic E-state index is 13.0. The Hall–Kier alpha value is -3.10. The summed E-state index contributed by atoms with van der Waals surface area (Å²) >= 11 is 6.23. The van der Waals surface area contributed by atoms with Crippen LogP contribution in [0.1, 0.15) is 18.7 Å². The minimum atomic E-state index is -0.161. The summed E-state index contributed by atoms with van der Waals surface area (Å²) in [5, 5.41) is 7.61. The third-order valence-electron chi connectivity index (χ3n) is 5.48. The normalized spacial score (nSPS) is 16.5. The molecule has 0 radical (unpaired) electrons. The summed E-state index contributed by atoms with van der Waals surface area (Å²) in [5.74, 6) is 1.98. The fraction of sp³-hybridized carbons (Fsp3) is 0.348. The van der Waals surface area contributed by atoms with Gasteiger partial charge in [0.05, 0.1) is 37.4 Å². The van der Waals surface area contributed by atoms with Gasteiger partial charge in [0, 0.05) is 18.2 Å². The highest BCUT2D eigenvalue weighted by molar-refractivity contribution is 6.33. The van der Waals surface area contributed by atoms with Crippen molar-refractivity contribution < 1.29 is 18.8 Å². The summed E-state index contributed by atoms with van der Waals surface area (Å²) in [6.07, 6.45) is 1.71. The summed E-state index contributed by atoms with van der Waals surface area (Å²) in [7, 11) is 3.15. The summed E-state index contributed by atoms with van der Waals surface area (Å²) in [4.78, 5) is 19.6. The molecule has 1 amide bonds. The molecule has 3 aromatic rings. The first kappa shape index (κ1) is 22.1. The number of carbonyl (C=O) groups is 1. The maximum Gasteiger partial charge on any atom is 0.241 e. The summed E-state index contributed by atoms with van der Waals surface area (Å²) < 4.78 is 16.1. The molecule has 32 heavy (non-hydrogen) atoms. The van der Waals surface area contributed by atoms with Gasteiger partial charge in [-0.3, -0.25) is 9.69 Å². The zero-order valence-corrected chi connectivity index (χ0v) is 18.8. The number of piperidine rings is 1. The molecular weight excluding hydrogens is 432 g/mol. The average molecular weight is 457 g/mol. The molecule has 1 saturated heterocycles. The van der Waals surface area contributed by atoms with Gasteiger partial charge >= 0.3 is 0 Å². The number of ether oxygens (including phenoxy) is 2. The van der Waals surface area contributed by atoms with E-state index in [-0.39, 0.29) is 11.8 Å². The number of likely N-dealkylation sites (tertiary alicyclic amines) is 1. The standard InChI is InChI=1S/C23H25ClN4O4/c1-30-16-9-10-20(31-2)19(12-16)25-23(29)15-6-5-11-28(13-15)14-21-26-22(27-32-21)17-7-3-4-8-18(17)24/h3-4,7-10,12,15H,5-6,11,13-14H2,1-2H3,(H,25,29). The maximum atomic E-state index is 13.0. The van der Waals surface area contributed by atoms with Crippen molar-refractivity contribution >= 4 is 23.2 Å². The van der Waals surface area contributed by atoms with E-state index < -0.39 is 0 Å².